The predicted octanol–water partition coefficient (Wildman–Crippen LogP) is 14.1. The van der Waals surface area contributed by atoms with E-state index in [1.165, 1.54) is 83.6 Å². The van der Waals surface area contributed by atoms with Gasteiger partial charge in [-0.25, -0.2) is 0 Å². The average Bonchev–Trinajstić information content (AvgIpc) is 3.76. The van der Waals surface area contributed by atoms with E-state index in [1.807, 2.05) is 0 Å². The summed E-state index contributed by atoms with van der Waals surface area (Å²) in [6.45, 7) is 9.56. The normalized spacial score (nSPS) is 19.0. The van der Waals surface area contributed by atoms with Crippen LogP contribution in [0.5, 0.6) is 0 Å². The van der Waals surface area contributed by atoms with Gasteiger partial charge in [0.05, 0.1) is 0 Å². The lowest BCUT2D eigenvalue weighted by molar-refractivity contribution is 0.660. The summed E-state index contributed by atoms with van der Waals surface area (Å²) >= 11 is 0. The summed E-state index contributed by atoms with van der Waals surface area (Å²) in [7, 11) is 0. The molecule has 0 radical (unpaired) electrons. The van der Waals surface area contributed by atoms with Crippen LogP contribution in [0.15, 0.2) is 188 Å². The molecule has 0 heterocycles. The second-order valence-corrected chi connectivity index (χ2v) is 16.8. The van der Waals surface area contributed by atoms with Crippen LogP contribution in [0, 0.1) is 0 Å². The van der Waals surface area contributed by atoms with Crippen molar-refractivity contribution in [2.75, 3.05) is 4.90 Å². The highest BCUT2D eigenvalue weighted by atomic mass is 15.1. The van der Waals surface area contributed by atoms with Gasteiger partial charge in [-0.15, -0.1) is 0 Å². The predicted molar refractivity (Wildman–Crippen MR) is 234 cm³/mol. The first-order valence-electron chi connectivity index (χ1n) is 19.9. The topological polar surface area (TPSA) is 3.24 Å². The number of hydrogen-bond acceptors (Lipinski definition) is 1. The summed E-state index contributed by atoms with van der Waals surface area (Å²) < 4.78 is 0. The molecule has 2 unspecified atom stereocenters. The third-order valence-electron chi connectivity index (χ3n) is 13.6. The zero-order valence-electron chi connectivity index (χ0n) is 32.3. The first kappa shape index (κ1) is 32.9. The fraction of sp³-hybridized carbons (Fsp3) is 0.127. The van der Waals surface area contributed by atoms with Crippen molar-refractivity contribution >= 4 is 17.1 Å². The molecule has 3 aliphatic rings. The SMILES string of the molecule is CC1(C)c2ccccc2-c2ccc(N(c3ccc4c(c3)-c3ccccc3C4(C)c3ccccc3)c3ccc4c(c3)C(C)(c3ccccc3)c3ccccc3-4)cc21. The van der Waals surface area contributed by atoms with Crippen LogP contribution in [0.4, 0.5) is 17.1 Å². The number of rotatable bonds is 5. The Hall–Kier alpha value is -6.44. The first-order chi connectivity index (χ1) is 27.3. The molecule has 1 nitrogen and oxygen atoms in total. The molecule has 2 atom stereocenters. The van der Waals surface area contributed by atoms with Gasteiger partial charge in [0.15, 0.2) is 0 Å². The maximum absolute atomic E-state index is 2.51. The fourth-order valence-electron chi connectivity index (χ4n) is 10.7. The van der Waals surface area contributed by atoms with E-state index in [-0.39, 0.29) is 16.2 Å². The smallest absolute Gasteiger partial charge is 0.0468 e. The standard InChI is InChI=1S/C55H43N/c1-53(2)47-24-14-11-21-41(47)44-30-27-39(34-51(44)53)56(38-29-32-50-46(33-38)43-23-13-16-26-49(43)54(50,3)36-17-7-5-8-18-36)40-28-31-45-42-22-12-15-25-48(42)55(4,52(45)35-40)37-19-9-6-10-20-37/h5-35H,1-4H3. The van der Waals surface area contributed by atoms with Crippen molar-refractivity contribution in [2.45, 2.75) is 43.9 Å². The molecule has 0 amide bonds. The molecule has 8 aromatic carbocycles. The molecule has 0 spiro atoms. The molecule has 56 heavy (non-hydrogen) atoms. The number of anilines is 3. The lowest BCUT2D eigenvalue weighted by Crippen LogP contribution is -2.23. The summed E-state index contributed by atoms with van der Waals surface area (Å²) in [6, 6.07) is 70.5. The van der Waals surface area contributed by atoms with Gasteiger partial charge in [0.2, 0.25) is 0 Å². The molecular formula is C55H43N. The molecule has 0 saturated carbocycles. The second kappa shape index (κ2) is 11.8. The van der Waals surface area contributed by atoms with Crippen molar-refractivity contribution < 1.29 is 0 Å². The van der Waals surface area contributed by atoms with Crippen LogP contribution < -0.4 is 4.90 Å². The van der Waals surface area contributed by atoms with E-state index >= 15 is 0 Å². The minimum Gasteiger partial charge on any atom is -0.310 e. The van der Waals surface area contributed by atoms with Gasteiger partial charge in [-0.1, -0.05) is 166 Å². The molecule has 0 bridgehead atoms. The Morgan fingerprint density at radius 3 is 1.25 bits per heavy atom. The van der Waals surface area contributed by atoms with E-state index in [2.05, 4.69) is 221 Å². The average molecular weight is 718 g/mol. The Bertz CT molecular complexity index is 2870. The zero-order valence-corrected chi connectivity index (χ0v) is 32.3. The van der Waals surface area contributed by atoms with E-state index in [4.69, 9.17) is 0 Å². The molecule has 0 aromatic heterocycles. The zero-order chi connectivity index (χ0) is 37.8. The van der Waals surface area contributed by atoms with Crippen LogP contribution in [0.2, 0.25) is 0 Å². The van der Waals surface area contributed by atoms with E-state index < -0.39 is 0 Å². The Balaban J connectivity index is 1.15. The van der Waals surface area contributed by atoms with Crippen LogP contribution in [0.1, 0.15) is 72.2 Å². The van der Waals surface area contributed by atoms with Crippen molar-refractivity contribution in [3.05, 3.63) is 233 Å². The summed E-state index contributed by atoms with van der Waals surface area (Å²) in [4.78, 5) is 2.51. The van der Waals surface area contributed by atoms with Gasteiger partial charge < -0.3 is 4.90 Å². The highest BCUT2D eigenvalue weighted by Gasteiger charge is 2.43. The number of hydrogen-bond donors (Lipinski definition) is 0. The van der Waals surface area contributed by atoms with Crippen LogP contribution >= 0.6 is 0 Å². The summed E-state index contributed by atoms with van der Waals surface area (Å²) in [5.41, 5.74) is 21.5. The Morgan fingerprint density at radius 2 is 0.661 bits per heavy atom. The van der Waals surface area contributed by atoms with E-state index in [9.17, 15) is 0 Å². The maximum atomic E-state index is 2.51. The molecule has 0 fully saturated rings. The summed E-state index contributed by atoms with van der Waals surface area (Å²) in [5.74, 6) is 0. The lowest BCUT2D eigenvalue weighted by atomic mass is 9.74. The highest BCUT2D eigenvalue weighted by molar-refractivity contribution is 5.92. The first-order valence-corrected chi connectivity index (χ1v) is 19.9. The van der Waals surface area contributed by atoms with Crippen molar-refractivity contribution in [1.29, 1.82) is 0 Å². The van der Waals surface area contributed by atoms with Crippen LogP contribution in [-0.2, 0) is 16.2 Å². The minimum absolute atomic E-state index is 0.118. The molecule has 0 aliphatic heterocycles. The van der Waals surface area contributed by atoms with E-state index in [1.54, 1.807) is 0 Å². The van der Waals surface area contributed by atoms with Gasteiger partial charge >= 0.3 is 0 Å². The van der Waals surface area contributed by atoms with E-state index in [0.29, 0.717) is 0 Å². The van der Waals surface area contributed by atoms with Gasteiger partial charge in [-0.2, -0.15) is 0 Å². The molecule has 268 valence electrons. The number of benzene rings is 8. The van der Waals surface area contributed by atoms with Crippen LogP contribution in [-0.4, -0.2) is 0 Å². The minimum atomic E-state index is -0.301. The highest BCUT2D eigenvalue weighted by Crippen LogP contribution is 2.57. The third kappa shape index (κ3) is 4.37. The largest absolute Gasteiger partial charge is 0.310 e. The molecule has 8 aromatic rings. The molecule has 0 saturated heterocycles. The Labute approximate surface area is 330 Å². The number of nitrogens with zero attached hydrogens (tertiary/aromatic N) is 1. The fourth-order valence-corrected chi connectivity index (χ4v) is 10.7. The van der Waals surface area contributed by atoms with Crippen molar-refractivity contribution in [3.8, 4) is 33.4 Å². The lowest BCUT2D eigenvalue weighted by Gasteiger charge is -2.32. The van der Waals surface area contributed by atoms with Crippen LogP contribution in [0.3, 0.4) is 0 Å². The van der Waals surface area contributed by atoms with Gasteiger partial charge in [-0.05, 0) is 128 Å². The Morgan fingerprint density at radius 1 is 0.286 bits per heavy atom. The molecule has 1 heteroatoms. The van der Waals surface area contributed by atoms with Crippen molar-refractivity contribution in [1.82, 2.24) is 0 Å². The second-order valence-electron chi connectivity index (χ2n) is 16.8. The quantitative estimate of drug-likeness (QED) is 0.171. The van der Waals surface area contributed by atoms with E-state index in [0.717, 1.165) is 11.4 Å². The third-order valence-corrected chi connectivity index (χ3v) is 13.6. The van der Waals surface area contributed by atoms with Gasteiger partial charge in [-0.3, -0.25) is 0 Å². The molecule has 11 rings (SSSR count). The summed E-state index contributed by atoms with van der Waals surface area (Å²) in [5, 5.41) is 0. The van der Waals surface area contributed by atoms with Crippen LogP contribution in [0.25, 0.3) is 33.4 Å². The van der Waals surface area contributed by atoms with Gasteiger partial charge in [0.1, 0.15) is 0 Å². The molecule has 0 N–H and O–H groups in total. The molecular weight excluding hydrogens is 675 g/mol. The number of fused-ring (bicyclic) bond motifs is 9. The van der Waals surface area contributed by atoms with Gasteiger partial charge in [0.25, 0.3) is 0 Å². The maximum Gasteiger partial charge on any atom is 0.0468 e. The monoisotopic (exact) mass is 717 g/mol. The molecule has 3 aliphatic carbocycles. The summed E-state index contributed by atoms with van der Waals surface area (Å²) in [6.07, 6.45) is 0. The van der Waals surface area contributed by atoms with Crippen molar-refractivity contribution in [2.24, 2.45) is 0 Å². The Kier molecular flexibility index (Phi) is 6.93. The van der Waals surface area contributed by atoms with Crippen molar-refractivity contribution in [3.63, 3.8) is 0 Å². The van der Waals surface area contributed by atoms with Gasteiger partial charge in [0, 0.05) is 33.3 Å².